The maximum Gasteiger partial charge on any atom is 0.418 e. The van der Waals surface area contributed by atoms with Crippen molar-refractivity contribution in [3.05, 3.63) is 23.8 Å². The summed E-state index contributed by atoms with van der Waals surface area (Å²) in [5.41, 5.74) is 3.92. The summed E-state index contributed by atoms with van der Waals surface area (Å²) in [5.74, 6) is -0.177. The van der Waals surface area contributed by atoms with E-state index in [0.29, 0.717) is 0 Å². The number of carbonyl (C=O) groups excluding carboxylic acids is 1. The minimum absolute atomic E-state index is 0.121. The van der Waals surface area contributed by atoms with E-state index in [4.69, 9.17) is 10.5 Å². The summed E-state index contributed by atoms with van der Waals surface area (Å²) in [5, 5.41) is 0. The van der Waals surface area contributed by atoms with Crippen molar-refractivity contribution in [2.75, 3.05) is 26.4 Å². The maximum atomic E-state index is 12.4. The Labute approximate surface area is 102 Å². The number of amides is 1. The van der Waals surface area contributed by atoms with Crippen LogP contribution in [0, 0.1) is 0 Å². The normalized spacial score (nSPS) is 11.2. The van der Waals surface area contributed by atoms with Gasteiger partial charge in [0, 0.05) is 25.8 Å². The van der Waals surface area contributed by atoms with E-state index in [0.717, 1.165) is 18.2 Å². The molecule has 0 bridgehead atoms. The lowest BCUT2D eigenvalue weighted by molar-refractivity contribution is -0.137. The molecular formula is C11H13F3N2O2. The number of alkyl halides is 3. The Kier molecular flexibility index (Phi) is 4.05. The zero-order valence-corrected chi connectivity index (χ0v) is 9.91. The fourth-order valence-corrected chi connectivity index (χ4v) is 1.16. The molecule has 18 heavy (non-hydrogen) atoms. The smallest absolute Gasteiger partial charge is 0.418 e. The van der Waals surface area contributed by atoms with Gasteiger partial charge in [0.25, 0.3) is 5.91 Å². The Hall–Kier alpha value is -1.92. The lowest BCUT2D eigenvalue weighted by Gasteiger charge is -2.13. The third-order valence-corrected chi connectivity index (χ3v) is 2.19. The zero-order valence-electron chi connectivity index (χ0n) is 9.91. The van der Waals surface area contributed by atoms with Gasteiger partial charge in [-0.1, -0.05) is 0 Å². The lowest BCUT2D eigenvalue weighted by atomic mass is 10.1. The van der Waals surface area contributed by atoms with Gasteiger partial charge in [0.2, 0.25) is 0 Å². The van der Waals surface area contributed by atoms with E-state index in [1.54, 1.807) is 14.1 Å². The highest BCUT2D eigenvalue weighted by Gasteiger charge is 2.32. The molecule has 1 amide bonds. The summed E-state index contributed by atoms with van der Waals surface area (Å²) in [6.45, 7) is -0.252. The summed E-state index contributed by atoms with van der Waals surface area (Å²) in [6, 6.07) is 3.00. The molecule has 100 valence electrons. The topological polar surface area (TPSA) is 55.6 Å². The quantitative estimate of drug-likeness (QED) is 0.844. The number of benzene rings is 1. The van der Waals surface area contributed by atoms with Crippen molar-refractivity contribution in [3.8, 4) is 5.75 Å². The SMILES string of the molecule is CN(C)C(=O)COc1ccc(C(F)(F)F)c(N)c1. The molecule has 1 aromatic rings. The summed E-state index contributed by atoms with van der Waals surface area (Å²) < 4.78 is 42.3. The van der Waals surface area contributed by atoms with E-state index in [-0.39, 0.29) is 18.3 Å². The average molecular weight is 262 g/mol. The van der Waals surface area contributed by atoms with Gasteiger partial charge in [0.05, 0.1) is 5.56 Å². The van der Waals surface area contributed by atoms with Crippen molar-refractivity contribution in [1.82, 2.24) is 4.90 Å². The van der Waals surface area contributed by atoms with Crippen LogP contribution in [0.4, 0.5) is 18.9 Å². The van der Waals surface area contributed by atoms with Gasteiger partial charge in [0.1, 0.15) is 5.75 Å². The highest BCUT2D eigenvalue weighted by molar-refractivity contribution is 5.77. The number of rotatable bonds is 3. The van der Waals surface area contributed by atoms with Gasteiger partial charge in [-0.15, -0.1) is 0 Å². The second-order valence-electron chi connectivity index (χ2n) is 3.82. The third-order valence-electron chi connectivity index (χ3n) is 2.19. The van der Waals surface area contributed by atoms with Crippen molar-refractivity contribution in [2.24, 2.45) is 0 Å². The van der Waals surface area contributed by atoms with E-state index >= 15 is 0 Å². The number of hydrogen-bond acceptors (Lipinski definition) is 3. The summed E-state index contributed by atoms with van der Waals surface area (Å²) in [4.78, 5) is 12.5. The number of nitrogens with zero attached hydrogens (tertiary/aromatic N) is 1. The Bertz CT molecular complexity index is 444. The van der Waals surface area contributed by atoms with Crippen molar-refractivity contribution in [3.63, 3.8) is 0 Å². The van der Waals surface area contributed by atoms with Crippen molar-refractivity contribution >= 4 is 11.6 Å². The van der Waals surface area contributed by atoms with Crippen LogP contribution in [-0.2, 0) is 11.0 Å². The molecule has 0 aliphatic rings. The van der Waals surface area contributed by atoms with Crippen LogP contribution in [0.25, 0.3) is 0 Å². The number of halogens is 3. The van der Waals surface area contributed by atoms with E-state index in [1.807, 2.05) is 0 Å². The first-order valence-corrected chi connectivity index (χ1v) is 5.01. The molecular weight excluding hydrogens is 249 g/mol. The molecule has 0 saturated heterocycles. The molecule has 1 rings (SSSR count). The first-order valence-electron chi connectivity index (χ1n) is 5.01. The molecule has 0 fully saturated rings. The van der Waals surface area contributed by atoms with E-state index in [2.05, 4.69) is 0 Å². The van der Waals surface area contributed by atoms with Crippen LogP contribution in [0.15, 0.2) is 18.2 Å². The first kappa shape index (κ1) is 14.1. The fraction of sp³-hybridized carbons (Fsp3) is 0.364. The van der Waals surface area contributed by atoms with Crippen molar-refractivity contribution < 1.29 is 22.7 Å². The molecule has 1 aromatic carbocycles. The van der Waals surface area contributed by atoms with Gasteiger partial charge in [-0.25, -0.2) is 0 Å². The molecule has 0 heterocycles. The van der Waals surface area contributed by atoms with Crippen LogP contribution < -0.4 is 10.5 Å². The van der Waals surface area contributed by atoms with Crippen LogP contribution in [0.1, 0.15) is 5.56 Å². The number of likely N-dealkylation sites (N-methyl/N-ethyl adjacent to an activating group) is 1. The molecule has 0 aliphatic heterocycles. The number of carbonyl (C=O) groups is 1. The molecule has 0 aromatic heterocycles. The monoisotopic (exact) mass is 262 g/mol. The Morgan fingerprint density at radius 2 is 2.00 bits per heavy atom. The molecule has 0 spiro atoms. The Morgan fingerprint density at radius 3 is 2.44 bits per heavy atom. The van der Waals surface area contributed by atoms with E-state index < -0.39 is 17.4 Å². The van der Waals surface area contributed by atoms with E-state index in [9.17, 15) is 18.0 Å². The van der Waals surface area contributed by atoms with Gasteiger partial charge < -0.3 is 15.4 Å². The van der Waals surface area contributed by atoms with Crippen LogP contribution in [0.2, 0.25) is 0 Å². The highest BCUT2D eigenvalue weighted by Crippen LogP contribution is 2.35. The van der Waals surface area contributed by atoms with E-state index in [1.165, 1.54) is 4.90 Å². The summed E-state index contributed by atoms with van der Waals surface area (Å²) in [7, 11) is 3.10. The minimum atomic E-state index is -4.50. The molecule has 2 N–H and O–H groups in total. The minimum Gasteiger partial charge on any atom is -0.484 e. The third kappa shape index (κ3) is 3.54. The standard InChI is InChI=1S/C11H13F3N2O2/c1-16(2)10(17)6-18-7-3-4-8(9(15)5-7)11(12,13)14/h3-5H,6,15H2,1-2H3. The van der Waals surface area contributed by atoms with Crippen LogP contribution in [0.3, 0.4) is 0 Å². The average Bonchev–Trinajstić information content (AvgIpc) is 2.23. The lowest BCUT2D eigenvalue weighted by Crippen LogP contribution is -2.27. The molecule has 0 radical (unpaired) electrons. The zero-order chi connectivity index (χ0) is 13.9. The first-order chi connectivity index (χ1) is 8.21. The summed E-state index contributed by atoms with van der Waals surface area (Å²) >= 11 is 0. The van der Waals surface area contributed by atoms with Crippen molar-refractivity contribution in [1.29, 1.82) is 0 Å². The van der Waals surface area contributed by atoms with Crippen molar-refractivity contribution in [2.45, 2.75) is 6.18 Å². The van der Waals surface area contributed by atoms with Gasteiger partial charge in [-0.3, -0.25) is 4.79 Å². The largest absolute Gasteiger partial charge is 0.484 e. The maximum absolute atomic E-state index is 12.4. The number of ether oxygens (including phenoxy) is 1. The second kappa shape index (κ2) is 5.16. The molecule has 0 unspecified atom stereocenters. The number of nitrogens with two attached hydrogens (primary N) is 1. The predicted octanol–water partition coefficient (Wildman–Crippen LogP) is 1.75. The van der Waals surface area contributed by atoms with Gasteiger partial charge >= 0.3 is 6.18 Å². The molecule has 0 atom stereocenters. The van der Waals surface area contributed by atoms with Gasteiger partial charge in [-0.2, -0.15) is 13.2 Å². The van der Waals surface area contributed by atoms with Gasteiger partial charge in [-0.05, 0) is 12.1 Å². The van der Waals surface area contributed by atoms with Crippen LogP contribution in [0.5, 0.6) is 5.75 Å². The van der Waals surface area contributed by atoms with Crippen LogP contribution in [-0.4, -0.2) is 31.5 Å². The number of anilines is 1. The number of hydrogen-bond donors (Lipinski definition) is 1. The highest BCUT2D eigenvalue weighted by atomic mass is 19.4. The van der Waals surface area contributed by atoms with Gasteiger partial charge in [0.15, 0.2) is 6.61 Å². The predicted molar refractivity (Wildman–Crippen MR) is 60.0 cm³/mol. The molecule has 7 heteroatoms. The molecule has 4 nitrogen and oxygen atoms in total. The summed E-state index contributed by atoms with van der Waals surface area (Å²) in [6.07, 6.45) is -4.50. The molecule has 0 aliphatic carbocycles. The Balaban J connectivity index is 2.77. The number of nitrogen functional groups attached to an aromatic ring is 1. The van der Waals surface area contributed by atoms with Crippen LogP contribution >= 0.6 is 0 Å². The Morgan fingerprint density at radius 1 is 1.39 bits per heavy atom. The molecule has 0 saturated carbocycles. The second-order valence-corrected chi connectivity index (χ2v) is 3.82. The fourth-order valence-electron chi connectivity index (χ4n) is 1.16.